The molecule has 1 saturated heterocycles. The lowest BCUT2D eigenvalue weighted by molar-refractivity contribution is 0.0833. The molecule has 0 aromatic rings. The normalized spacial score (nSPS) is 21.9. The summed E-state index contributed by atoms with van der Waals surface area (Å²) in [6, 6.07) is 0.104. The topological polar surface area (TPSA) is 67.4 Å². The van der Waals surface area contributed by atoms with Gasteiger partial charge in [-0.25, -0.2) is 13.1 Å². The molecule has 1 heterocycles. The number of sulfonamides is 1. The van der Waals surface area contributed by atoms with Crippen molar-refractivity contribution >= 4 is 10.0 Å². The molecule has 5 nitrogen and oxygen atoms in total. The average Bonchev–Trinajstić information content (AvgIpc) is 2.25. The number of nitrogens with one attached hydrogen (secondary N) is 2. The van der Waals surface area contributed by atoms with Gasteiger partial charge in [-0.05, 0) is 33.2 Å². The fourth-order valence-electron chi connectivity index (χ4n) is 1.88. The van der Waals surface area contributed by atoms with Crippen molar-refractivity contribution in [2.75, 3.05) is 25.4 Å². The van der Waals surface area contributed by atoms with Gasteiger partial charge in [-0.1, -0.05) is 6.42 Å². The first-order valence-electron chi connectivity index (χ1n) is 6.32. The quantitative estimate of drug-likeness (QED) is 0.656. The van der Waals surface area contributed by atoms with E-state index in [9.17, 15) is 8.42 Å². The summed E-state index contributed by atoms with van der Waals surface area (Å²) in [6.45, 7) is 5.57. The maximum atomic E-state index is 11.7. The van der Waals surface area contributed by atoms with Crippen molar-refractivity contribution in [3.05, 3.63) is 0 Å². The van der Waals surface area contributed by atoms with Gasteiger partial charge in [0.25, 0.3) is 0 Å². The number of hydrogen-bond donors (Lipinski definition) is 2. The van der Waals surface area contributed by atoms with E-state index in [0.29, 0.717) is 13.2 Å². The summed E-state index contributed by atoms with van der Waals surface area (Å²) >= 11 is 0. The van der Waals surface area contributed by atoms with Crippen molar-refractivity contribution in [3.8, 4) is 0 Å². The van der Waals surface area contributed by atoms with Crippen LogP contribution in [-0.4, -0.2) is 46.0 Å². The molecule has 0 radical (unpaired) electrons. The molecule has 0 aromatic carbocycles. The molecule has 1 fully saturated rings. The summed E-state index contributed by atoms with van der Waals surface area (Å²) < 4.78 is 31.3. The van der Waals surface area contributed by atoms with E-state index in [-0.39, 0.29) is 17.9 Å². The molecule has 6 heteroatoms. The van der Waals surface area contributed by atoms with Crippen LogP contribution in [-0.2, 0) is 14.8 Å². The monoisotopic (exact) mass is 264 g/mol. The lowest BCUT2D eigenvalue weighted by atomic mass is 10.1. The van der Waals surface area contributed by atoms with Crippen LogP contribution in [0.25, 0.3) is 0 Å². The standard InChI is InChI=1S/C11H24N2O3S/c1-10(2)16-8-7-13-17(14,15)9-11-5-3-4-6-12-11/h10-13H,3-9H2,1-2H3. The molecule has 0 aliphatic carbocycles. The zero-order valence-corrected chi connectivity index (χ0v) is 11.6. The number of ether oxygens (including phenoxy) is 1. The Morgan fingerprint density at radius 3 is 2.76 bits per heavy atom. The first kappa shape index (κ1) is 14.9. The van der Waals surface area contributed by atoms with Crippen molar-refractivity contribution in [2.24, 2.45) is 0 Å². The maximum Gasteiger partial charge on any atom is 0.213 e. The Labute approximate surface area is 104 Å². The Morgan fingerprint density at radius 1 is 1.41 bits per heavy atom. The van der Waals surface area contributed by atoms with E-state index >= 15 is 0 Å². The molecule has 0 spiro atoms. The largest absolute Gasteiger partial charge is 0.377 e. The Bertz CT molecular complexity index is 298. The number of hydrogen-bond acceptors (Lipinski definition) is 4. The van der Waals surface area contributed by atoms with Crippen LogP contribution >= 0.6 is 0 Å². The molecule has 1 aliphatic rings. The highest BCUT2D eigenvalue weighted by Gasteiger charge is 2.20. The molecule has 1 unspecified atom stereocenters. The lowest BCUT2D eigenvalue weighted by Gasteiger charge is -2.23. The van der Waals surface area contributed by atoms with Crippen molar-refractivity contribution in [3.63, 3.8) is 0 Å². The van der Waals surface area contributed by atoms with Gasteiger partial charge in [-0.2, -0.15) is 0 Å². The van der Waals surface area contributed by atoms with E-state index < -0.39 is 10.0 Å². The molecule has 0 aromatic heterocycles. The van der Waals surface area contributed by atoms with E-state index in [1.165, 1.54) is 0 Å². The SMILES string of the molecule is CC(C)OCCNS(=O)(=O)CC1CCCCN1. The molecule has 102 valence electrons. The number of rotatable bonds is 7. The van der Waals surface area contributed by atoms with Gasteiger partial charge >= 0.3 is 0 Å². The minimum absolute atomic E-state index is 0.104. The molecular weight excluding hydrogens is 240 g/mol. The predicted octanol–water partition coefficient (Wildman–Crippen LogP) is 0.473. The minimum atomic E-state index is -3.17. The first-order valence-corrected chi connectivity index (χ1v) is 7.97. The second-order valence-corrected chi connectivity index (χ2v) is 6.59. The van der Waals surface area contributed by atoms with Crippen LogP contribution in [0.5, 0.6) is 0 Å². The highest BCUT2D eigenvalue weighted by molar-refractivity contribution is 7.89. The lowest BCUT2D eigenvalue weighted by Crippen LogP contribution is -2.43. The van der Waals surface area contributed by atoms with Crippen molar-refractivity contribution < 1.29 is 13.2 Å². The van der Waals surface area contributed by atoms with Gasteiger partial charge in [-0.3, -0.25) is 0 Å². The summed E-state index contributed by atoms with van der Waals surface area (Å²) in [5.74, 6) is 0.175. The molecule has 17 heavy (non-hydrogen) atoms. The summed E-state index contributed by atoms with van der Waals surface area (Å²) in [5.41, 5.74) is 0. The predicted molar refractivity (Wildman–Crippen MR) is 68.5 cm³/mol. The van der Waals surface area contributed by atoms with Crippen molar-refractivity contribution in [2.45, 2.75) is 45.3 Å². The minimum Gasteiger partial charge on any atom is -0.377 e. The Hall–Kier alpha value is -0.170. The Morgan fingerprint density at radius 2 is 2.18 bits per heavy atom. The third-order valence-electron chi connectivity index (χ3n) is 2.71. The van der Waals surface area contributed by atoms with Crippen LogP contribution < -0.4 is 10.0 Å². The van der Waals surface area contributed by atoms with Gasteiger partial charge in [0.1, 0.15) is 0 Å². The van der Waals surface area contributed by atoms with E-state index in [0.717, 1.165) is 25.8 Å². The summed E-state index contributed by atoms with van der Waals surface area (Å²) in [6.07, 6.45) is 3.35. The van der Waals surface area contributed by atoms with Gasteiger partial charge in [0.2, 0.25) is 10.0 Å². The van der Waals surface area contributed by atoms with Crippen LogP contribution in [0.15, 0.2) is 0 Å². The van der Waals surface area contributed by atoms with Crippen LogP contribution in [0.1, 0.15) is 33.1 Å². The zero-order chi connectivity index (χ0) is 12.7. The van der Waals surface area contributed by atoms with Crippen LogP contribution in [0.2, 0.25) is 0 Å². The number of piperidine rings is 1. The second kappa shape index (κ2) is 7.31. The third-order valence-corrected chi connectivity index (χ3v) is 4.19. The second-order valence-electron chi connectivity index (χ2n) is 4.74. The van der Waals surface area contributed by atoms with Gasteiger partial charge < -0.3 is 10.1 Å². The molecule has 0 amide bonds. The van der Waals surface area contributed by atoms with Gasteiger partial charge in [-0.15, -0.1) is 0 Å². The Balaban J connectivity index is 2.20. The van der Waals surface area contributed by atoms with Crippen LogP contribution in [0.3, 0.4) is 0 Å². The van der Waals surface area contributed by atoms with E-state index in [2.05, 4.69) is 10.0 Å². The molecule has 1 rings (SSSR count). The molecule has 1 atom stereocenters. The van der Waals surface area contributed by atoms with Gasteiger partial charge in [0, 0.05) is 12.6 Å². The van der Waals surface area contributed by atoms with Crippen molar-refractivity contribution in [1.82, 2.24) is 10.0 Å². The van der Waals surface area contributed by atoms with E-state index in [4.69, 9.17) is 4.74 Å². The molecule has 2 N–H and O–H groups in total. The average molecular weight is 264 g/mol. The highest BCUT2D eigenvalue weighted by atomic mass is 32.2. The molecular formula is C11H24N2O3S. The molecule has 0 saturated carbocycles. The fraction of sp³-hybridized carbons (Fsp3) is 1.00. The van der Waals surface area contributed by atoms with Crippen molar-refractivity contribution in [1.29, 1.82) is 0 Å². The zero-order valence-electron chi connectivity index (χ0n) is 10.7. The smallest absolute Gasteiger partial charge is 0.213 e. The van der Waals surface area contributed by atoms with Gasteiger partial charge in [0.15, 0.2) is 0 Å². The first-order chi connectivity index (χ1) is 7.99. The Kier molecular flexibility index (Phi) is 6.40. The van der Waals surface area contributed by atoms with Crippen LogP contribution in [0.4, 0.5) is 0 Å². The fourth-order valence-corrected chi connectivity index (χ4v) is 3.21. The van der Waals surface area contributed by atoms with E-state index in [1.807, 2.05) is 13.8 Å². The van der Waals surface area contributed by atoms with Gasteiger partial charge in [0.05, 0.1) is 18.5 Å². The maximum absolute atomic E-state index is 11.7. The third kappa shape index (κ3) is 6.98. The summed E-state index contributed by atoms with van der Waals surface area (Å²) in [7, 11) is -3.17. The van der Waals surface area contributed by atoms with E-state index in [1.54, 1.807) is 0 Å². The molecule has 1 aliphatic heterocycles. The highest BCUT2D eigenvalue weighted by Crippen LogP contribution is 2.08. The molecule has 0 bridgehead atoms. The summed E-state index contributed by atoms with van der Waals surface area (Å²) in [5, 5.41) is 3.23. The van der Waals surface area contributed by atoms with Crippen LogP contribution in [0, 0.1) is 0 Å². The summed E-state index contributed by atoms with van der Waals surface area (Å²) in [4.78, 5) is 0.